The summed E-state index contributed by atoms with van der Waals surface area (Å²) in [5, 5.41) is 0. The van der Waals surface area contributed by atoms with E-state index >= 15 is 0 Å². The predicted molar refractivity (Wildman–Crippen MR) is 87.0 cm³/mol. The largest absolute Gasteiger partial charge is 0.469 e. The zero-order chi connectivity index (χ0) is 15.7. The maximum atomic E-state index is 11.4. The summed E-state index contributed by atoms with van der Waals surface area (Å²) >= 11 is 0. The zero-order valence-electron chi connectivity index (χ0n) is 14.5. The van der Waals surface area contributed by atoms with Gasteiger partial charge in [-0.15, -0.1) is 0 Å². The number of carbonyl (C=O) groups is 1. The number of hydrogen-bond donors (Lipinski definition) is 0. The first-order valence-electron chi connectivity index (χ1n) is 8.58. The van der Waals surface area contributed by atoms with Crippen LogP contribution in [-0.4, -0.2) is 13.1 Å². The second-order valence-electron chi connectivity index (χ2n) is 8.06. The highest BCUT2D eigenvalue weighted by Crippen LogP contribution is 2.57. The third-order valence-electron chi connectivity index (χ3n) is 6.39. The molecular weight excluding hydrogens is 260 g/mol. The van der Waals surface area contributed by atoms with Crippen molar-refractivity contribution in [1.29, 1.82) is 0 Å². The van der Waals surface area contributed by atoms with Crippen LogP contribution in [0.3, 0.4) is 0 Å². The molecule has 21 heavy (non-hydrogen) atoms. The van der Waals surface area contributed by atoms with E-state index in [2.05, 4.69) is 33.8 Å². The molecule has 1 saturated carbocycles. The molecule has 3 atom stereocenters. The van der Waals surface area contributed by atoms with E-state index in [1.54, 1.807) is 5.57 Å². The van der Waals surface area contributed by atoms with Gasteiger partial charge in [-0.25, -0.2) is 0 Å². The highest BCUT2D eigenvalue weighted by molar-refractivity contribution is 5.69. The maximum Gasteiger partial charge on any atom is 0.305 e. The van der Waals surface area contributed by atoms with Crippen molar-refractivity contribution in [2.75, 3.05) is 7.11 Å². The molecule has 0 aromatic rings. The molecule has 2 aliphatic carbocycles. The molecule has 0 radical (unpaired) electrons. The van der Waals surface area contributed by atoms with Crippen molar-refractivity contribution in [1.82, 2.24) is 0 Å². The van der Waals surface area contributed by atoms with Crippen molar-refractivity contribution >= 4 is 5.97 Å². The first kappa shape index (κ1) is 16.6. The number of ether oxygens (including phenoxy) is 1. The quantitative estimate of drug-likeness (QED) is 0.530. The van der Waals surface area contributed by atoms with Crippen LogP contribution in [0.15, 0.2) is 11.6 Å². The van der Waals surface area contributed by atoms with E-state index in [0.717, 1.165) is 12.8 Å². The molecule has 0 N–H and O–H groups in total. The van der Waals surface area contributed by atoms with Crippen LogP contribution in [0.1, 0.15) is 72.6 Å². The van der Waals surface area contributed by atoms with Crippen LogP contribution in [0.2, 0.25) is 0 Å². The molecule has 0 bridgehead atoms. The van der Waals surface area contributed by atoms with Crippen LogP contribution in [0.25, 0.3) is 0 Å². The Morgan fingerprint density at radius 3 is 2.76 bits per heavy atom. The van der Waals surface area contributed by atoms with Crippen LogP contribution >= 0.6 is 0 Å². The minimum Gasteiger partial charge on any atom is -0.469 e. The molecule has 0 aliphatic heterocycles. The molecule has 2 aliphatic rings. The molecule has 2 rings (SSSR count). The van der Waals surface area contributed by atoms with Gasteiger partial charge in [0, 0.05) is 6.42 Å². The molecule has 1 fully saturated rings. The molecule has 0 unspecified atom stereocenters. The van der Waals surface area contributed by atoms with Crippen molar-refractivity contribution in [2.45, 2.75) is 72.6 Å². The Morgan fingerprint density at radius 2 is 2.10 bits per heavy atom. The van der Waals surface area contributed by atoms with E-state index in [0.29, 0.717) is 29.1 Å². The minimum atomic E-state index is -0.0678. The molecule has 120 valence electrons. The van der Waals surface area contributed by atoms with Gasteiger partial charge < -0.3 is 4.74 Å². The van der Waals surface area contributed by atoms with Gasteiger partial charge >= 0.3 is 5.97 Å². The van der Waals surface area contributed by atoms with Gasteiger partial charge in [-0.3, -0.25) is 4.79 Å². The normalized spacial score (nSPS) is 34.8. The molecule has 0 aromatic carbocycles. The number of hydrogen-bond acceptors (Lipinski definition) is 2. The zero-order valence-corrected chi connectivity index (χ0v) is 14.5. The summed E-state index contributed by atoms with van der Waals surface area (Å²) in [4.78, 5) is 11.4. The molecule has 0 spiro atoms. The Balaban J connectivity index is 2.13. The Hall–Kier alpha value is -0.790. The topological polar surface area (TPSA) is 26.3 Å². The number of carbonyl (C=O) groups excluding carboxylic acids is 1. The fourth-order valence-electron chi connectivity index (χ4n) is 4.68. The van der Waals surface area contributed by atoms with Crippen LogP contribution in [0, 0.1) is 22.7 Å². The fraction of sp³-hybridized carbons (Fsp3) is 0.842. The van der Waals surface area contributed by atoms with Crippen LogP contribution in [0.4, 0.5) is 0 Å². The van der Waals surface area contributed by atoms with Crippen molar-refractivity contribution in [3.63, 3.8) is 0 Å². The highest BCUT2D eigenvalue weighted by Gasteiger charge is 2.47. The van der Waals surface area contributed by atoms with Crippen molar-refractivity contribution < 1.29 is 9.53 Å². The summed E-state index contributed by atoms with van der Waals surface area (Å²) in [5.74, 6) is 1.35. The lowest BCUT2D eigenvalue weighted by Crippen LogP contribution is -2.43. The first-order chi connectivity index (χ1) is 9.81. The van der Waals surface area contributed by atoms with Gasteiger partial charge in [-0.1, -0.05) is 45.8 Å². The summed E-state index contributed by atoms with van der Waals surface area (Å²) in [6.45, 7) is 9.69. The lowest BCUT2D eigenvalue weighted by atomic mass is 9.52. The summed E-state index contributed by atoms with van der Waals surface area (Å²) in [5.41, 5.74) is 2.41. The van der Waals surface area contributed by atoms with E-state index in [4.69, 9.17) is 4.74 Å². The standard InChI is InChI=1S/C19H32O2/c1-14-10-11-15-16(8-6-12-18(15,2)3)19(14,4)13-7-9-17(20)21-5/h11,14,16H,6-10,12-13H2,1-5H3/t14-,16-,19-/m1/s1. The average molecular weight is 292 g/mol. The molecule has 0 heterocycles. The summed E-state index contributed by atoms with van der Waals surface area (Å²) in [6, 6.07) is 0. The Morgan fingerprint density at radius 1 is 1.38 bits per heavy atom. The van der Waals surface area contributed by atoms with Gasteiger partial charge in [0.05, 0.1) is 7.11 Å². The minimum absolute atomic E-state index is 0.0678. The Labute approximate surface area is 130 Å². The van der Waals surface area contributed by atoms with Crippen LogP contribution in [-0.2, 0) is 9.53 Å². The maximum absolute atomic E-state index is 11.4. The number of allylic oxidation sites excluding steroid dienone is 2. The number of esters is 1. The lowest BCUT2D eigenvalue weighted by molar-refractivity contribution is -0.140. The van der Waals surface area contributed by atoms with Gasteiger partial charge in [0.15, 0.2) is 0 Å². The van der Waals surface area contributed by atoms with E-state index < -0.39 is 0 Å². The van der Waals surface area contributed by atoms with E-state index in [9.17, 15) is 4.79 Å². The van der Waals surface area contributed by atoms with Gasteiger partial charge in [-0.2, -0.15) is 0 Å². The molecule has 2 nitrogen and oxygen atoms in total. The molecule has 0 saturated heterocycles. The highest BCUT2D eigenvalue weighted by atomic mass is 16.5. The van der Waals surface area contributed by atoms with Gasteiger partial charge in [0.1, 0.15) is 0 Å². The monoisotopic (exact) mass is 292 g/mol. The molecule has 0 aromatic heterocycles. The molecule has 2 heteroatoms. The lowest BCUT2D eigenvalue weighted by Gasteiger charge is -2.53. The third-order valence-corrected chi connectivity index (χ3v) is 6.39. The van der Waals surface area contributed by atoms with Gasteiger partial charge in [0.25, 0.3) is 0 Å². The number of rotatable bonds is 4. The van der Waals surface area contributed by atoms with E-state index in [1.165, 1.54) is 32.8 Å². The van der Waals surface area contributed by atoms with E-state index in [-0.39, 0.29) is 5.97 Å². The van der Waals surface area contributed by atoms with Crippen molar-refractivity contribution in [3.05, 3.63) is 11.6 Å². The van der Waals surface area contributed by atoms with Crippen LogP contribution < -0.4 is 0 Å². The number of methoxy groups -OCH3 is 1. The summed E-state index contributed by atoms with van der Waals surface area (Å²) in [6.07, 6.45) is 10.4. The predicted octanol–water partition coefficient (Wildman–Crippen LogP) is 5.13. The van der Waals surface area contributed by atoms with Gasteiger partial charge in [0.2, 0.25) is 0 Å². The smallest absolute Gasteiger partial charge is 0.305 e. The first-order valence-corrected chi connectivity index (χ1v) is 8.58. The van der Waals surface area contributed by atoms with Gasteiger partial charge in [-0.05, 0) is 54.8 Å². The van der Waals surface area contributed by atoms with E-state index in [1.807, 2.05) is 0 Å². The fourth-order valence-corrected chi connectivity index (χ4v) is 4.68. The summed E-state index contributed by atoms with van der Waals surface area (Å²) in [7, 11) is 1.48. The second kappa shape index (κ2) is 6.14. The van der Waals surface area contributed by atoms with Crippen molar-refractivity contribution in [3.8, 4) is 0 Å². The summed E-state index contributed by atoms with van der Waals surface area (Å²) < 4.78 is 4.79. The average Bonchev–Trinajstić information content (AvgIpc) is 2.43. The third kappa shape index (κ3) is 3.19. The van der Waals surface area contributed by atoms with Crippen molar-refractivity contribution in [2.24, 2.45) is 22.7 Å². The van der Waals surface area contributed by atoms with Crippen LogP contribution in [0.5, 0.6) is 0 Å². The molecular formula is C19H32O2. The SMILES string of the molecule is COC(=O)CCC[C@]1(C)[C@H](C)CC=C2[C@H]1CCCC2(C)C. The Kier molecular flexibility index (Phi) is 4.85. The second-order valence-corrected chi connectivity index (χ2v) is 8.06. The number of fused-ring (bicyclic) bond motifs is 1. The Bertz CT molecular complexity index is 421. The molecule has 0 amide bonds.